The van der Waals surface area contributed by atoms with Crippen LogP contribution in [-0.2, 0) is 0 Å². The van der Waals surface area contributed by atoms with E-state index in [4.69, 9.17) is 0 Å². The van der Waals surface area contributed by atoms with Gasteiger partial charge in [-0.3, -0.25) is 20.0 Å². The Bertz CT molecular complexity index is 1590. The molecule has 0 N–H and O–H groups in total. The van der Waals surface area contributed by atoms with E-state index in [1.54, 1.807) is 12.4 Å². The lowest BCUT2D eigenvalue weighted by Crippen LogP contribution is -2.00. The molecule has 0 spiro atoms. The maximum absolute atomic E-state index is 4.62. The first-order valence-electron chi connectivity index (χ1n) is 13.3. The van der Waals surface area contributed by atoms with E-state index in [-0.39, 0.29) is 0 Å². The first-order valence-corrected chi connectivity index (χ1v) is 13.3. The maximum atomic E-state index is 4.62. The quantitative estimate of drug-likeness (QED) is 0.234. The van der Waals surface area contributed by atoms with E-state index in [1.165, 1.54) is 22.3 Å². The van der Waals surface area contributed by atoms with Crippen molar-refractivity contribution in [3.63, 3.8) is 0 Å². The Labute approximate surface area is 231 Å². The highest BCUT2D eigenvalue weighted by Crippen LogP contribution is 2.29. The zero-order valence-electron chi connectivity index (χ0n) is 22.6. The number of nitrogens with zero attached hydrogens (tertiary/aromatic N) is 4. The lowest BCUT2D eigenvalue weighted by atomic mass is 9.88. The predicted molar refractivity (Wildman–Crippen MR) is 166 cm³/mol. The van der Waals surface area contributed by atoms with Crippen molar-refractivity contribution >= 4 is 42.0 Å². The normalized spacial score (nSPS) is 15.2. The highest BCUT2D eigenvalue weighted by atomic mass is 14.8. The SMILES string of the molecule is C/C=C\c1ccc(C=Nc2ccc(-c3ccc(N=Cc4ccc5c(c4)C=CCC5C)cn3)nc2)cc1/C=C\C. The standard InChI is InChI=1S/C35H32N4/c1-4-7-28-13-11-26(19-29(28)8-5-2)21-36-31-14-17-34(38-23-31)35-18-15-32(24-39-35)37-22-27-12-16-33-25(3)9-6-10-30(33)20-27/h4-8,10-25H,9H2,1-3H3/b7-4-,8-5-,36-21?,37-22?. The molecular weight excluding hydrogens is 476 g/mol. The monoisotopic (exact) mass is 508 g/mol. The molecule has 4 nitrogen and oxygen atoms in total. The van der Waals surface area contributed by atoms with Gasteiger partial charge in [0.1, 0.15) is 0 Å². The number of aromatic nitrogens is 2. The van der Waals surface area contributed by atoms with Crippen molar-refractivity contribution in [2.75, 3.05) is 0 Å². The van der Waals surface area contributed by atoms with Crippen LogP contribution in [0.15, 0.2) is 101 Å². The Balaban J connectivity index is 1.25. The van der Waals surface area contributed by atoms with E-state index >= 15 is 0 Å². The number of aliphatic imine (C=N–C) groups is 2. The highest BCUT2D eigenvalue weighted by Gasteiger charge is 2.12. The van der Waals surface area contributed by atoms with Gasteiger partial charge in [0.05, 0.1) is 35.2 Å². The van der Waals surface area contributed by atoms with Gasteiger partial charge < -0.3 is 0 Å². The first-order chi connectivity index (χ1) is 19.1. The lowest BCUT2D eigenvalue weighted by molar-refractivity contribution is 0.771. The molecule has 0 bridgehead atoms. The average Bonchev–Trinajstić information content (AvgIpc) is 2.97. The molecule has 0 aliphatic heterocycles. The molecule has 1 aliphatic rings. The third-order valence-corrected chi connectivity index (χ3v) is 6.72. The number of rotatable bonds is 7. The Morgan fingerprint density at radius 1 is 0.718 bits per heavy atom. The molecule has 39 heavy (non-hydrogen) atoms. The molecule has 5 rings (SSSR count). The van der Waals surface area contributed by atoms with E-state index in [0.717, 1.165) is 40.3 Å². The Kier molecular flexibility index (Phi) is 8.13. The highest BCUT2D eigenvalue weighted by molar-refractivity contribution is 5.85. The van der Waals surface area contributed by atoms with Gasteiger partial charge in [-0.2, -0.15) is 0 Å². The van der Waals surface area contributed by atoms with Crippen molar-refractivity contribution < 1.29 is 0 Å². The van der Waals surface area contributed by atoms with Gasteiger partial charge in [0, 0.05) is 12.4 Å². The van der Waals surface area contributed by atoms with Crippen molar-refractivity contribution in [1.82, 2.24) is 9.97 Å². The van der Waals surface area contributed by atoms with Gasteiger partial charge in [0.2, 0.25) is 0 Å². The molecule has 1 aliphatic carbocycles. The average molecular weight is 509 g/mol. The van der Waals surface area contributed by atoms with Crippen LogP contribution in [-0.4, -0.2) is 22.4 Å². The molecule has 0 saturated carbocycles. The van der Waals surface area contributed by atoms with Crippen molar-refractivity contribution in [3.05, 3.63) is 125 Å². The molecule has 0 fully saturated rings. The van der Waals surface area contributed by atoms with E-state index in [0.29, 0.717) is 5.92 Å². The summed E-state index contributed by atoms with van der Waals surface area (Å²) >= 11 is 0. The van der Waals surface area contributed by atoms with Crippen molar-refractivity contribution in [1.29, 1.82) is 0 Å². The molecule has 0 saturated heterocycles. The van der Waals surface area contributed by atoms with Gasteiger partial charge in [0.25, 0.3) is 0 Å². The van der Waals surface area contributed by atoms with E-state index in [1.807, 2.05) is 62.7 Å². The smallest absolute Gasteiger partial charge is 0.0887 e. The molecule has 2 aromatic carbocycles. The topological polar surface area (TPSA) is 50.5 Å². The summed E-state index contributed by atoms with van der Waals surface area (Å²) in [6.07, 6.45) is 21.2. The fraction of sp³-hybridized carbons (Fsp3) is 0.143. The van der Waals surface area contributed by atoms with Crippen molar-refractivity contribution in [3.8, 4) is 11.4 Å². The lowest BCUT2D eigenvalue weighted by Gasteiger charge is -2.17. The number of benzene rings is 2. The number of allylic oxidation sites excluding steroid dienone is 3. The van der Waals surface area contributed by atoms with Crippen LogP contribution < -0.4 is 0 Å². The van der Waals surface area contributed by atoms with Gasteiger partial charge >= 0.3 is 0 Å². The number of fused-ring (bicyclic) bond motifs is 1. The van der Waals surface area contributed by atoms with Crippen LogP contribution in [0.2, 0.25) is 0 Å². The van der Waals surface area contributed by atoms with Gasteiger partial charge in [0.15, 0.2) is 0 Å². The predicted octanol–water partition coefficient (Wildman–Crippen LogP) is 9.23. The minimum absolute atomic E-state index is 0.569. The molecule has 4 heteroatoms. The van der Waals surface area contributed by atoms with Crippen LogP contribution in [0.25, 0.3) is 29.6 Å². The summed E-state index contributed by atoms with van der Waals surface area (Å²) in [7, 11) is 0. The van der Waals surface area contributed by atoms with Crippen LogP contribution >= 0.6 is 0 Å². The summed E-state index contributed by atoms with van der Waals surface area (Å²) in [5.41, 5.74) is 10.4. The van der Waals surface area contributed by atoms with Crippen molar-refractivity contribution in [2.45, 2.75) is 33.1 Å². The van der Waals surface area contributed by atoms with E-state index in [2.05, 4.69) is 87.6 Å². The third-order valence-electron chi connectivity index (χ3n) is 6.72. The van der Waals surface area contributed by atoms with Crippen LogP contribution in [0.5, 0.6) is 0 Å². The number of pyridine rings is 2. The molecule has 1 atom stereocenters. The first kappa shape index (κ1) is 25.9. The summed E-state index contributed by atoms with van der Waals surface area (Å²) in [4.78, 5) is 18.4. The summed E-state index contributed by atoms with van der Waals surface area (Å²) in [5.74, 6) is 0.569. The zero-order valence-corrected chi connectivity index (χ0v) is 22.6. The fourth-order valence-corrected chi connectivity index (χ4v) is 4.65. The van der Waals surface area contributed by atoms with Crippen molar-refractivity contribution in [2.24, 2.45) is 9.98 Å². The molecule has 0 radical (unpaired) electrons. The maximum Gasteiger partial charge on any atom is 0.0887 e. The third kappa shape index (κ3) is 6.42. The Morgan fingerprint density at radius 2 is 1.33 bits per heavy atom. The minimum atomic E-state index is 0.569. The molecule has 2 heterocycles. The van der Waals surface area contributed by atoms with Gasteiger partial charge in [-0.25, -0.2) is 0 Å². The van der Waals surface area contributed by atoms with Crippen LogP contribution in [0.1, 0.15) is 66.5 Å². The second kappa shape index (κ2) is 12.2. The molecular formula is C35H32N4. The summed E-state index contributed by atoms with van der Waals surface area (Å²) in [5, 5.41) is 0. The molecule has 192 valence electrons. The molecule has 2 aromatic heterocycles. The van der Waals surface area contributed by atoms with Crippen LogP contribution in [0.4, 0.5) is 11.4 Å². The van der Waals surface area contributed by atoms with Crippen LogP contribution in [0, 0.1) is 0 Å². The largest absolute Gasteiger partial charge is 0.255 e. The van der Waals surface area contributed by atoms with Gasteiger partial charge in [-0.05, 0) is 96.0 Å². The number of hydrogen-bond acceptors (Lipinski definition) is 4. The minimum Gasteiger partial charge on any atom is -0.255 e. The van der Waals surface area contributed by atoms with E-state index < -0.39 is 0 Å². The molecule has 1 unspecified atom stereocenters. The number of hydrogen-bond donors (Lipinski definition) is 0. The summed E-state index contributed by atoms with van der Waals surface area (Å²) < 4.78 is 0. The summed E-state index contributed by atoms with van der Waals surface area (Å²) in [6.45, 7) is 6.32. The second-order valence-corrected chi connectivity index (χ2v) is 9.64. The molecule has 4 aromatic rings. The zero-order chi connectivity index (χ0) is 27.0. The van der Waals surface area contributed by atoms with Gasteiger partial charge in [-0.15, -0.1) is 0 Å². The second-order valence-electron chi connectivity index (χ2n) is 9.64. The van der Waals surface area contributed by atoms with E-state index in [9.17, 15) is 0 Å². The van der Waals surface area contributed by atoms with Gasteiger partial charge in [-0.1, -0.05) is 67.6 Å². The molecule has 0 amide bonds. The Hall–Kier alpha value is -4.70. The van der Waals surface area contributed by atoms with Crippen LogP contribution in [0.3, 0.4) is 0 Å². The summed E-state index contributed by atoms with van der Waals surface area (Å²) in [6, 6.07) is 20.7. The Morgan fingerprint density at radius 3 is 1.95 bits per heavy atom. The fourth-order valence-electron chi connectivity index (χ4n) is 4.65.